The minimum absolute atomic E-state index is 0.240. The topological polar surface area (TPSA) is 92.3 Å². The van der Waals surface area contributed by atoms with E-state index >= 15 is 0 Å². The summed E-state index contributed by atoms with van der Waals surface area (Å²) in [5, 5.41) is 6.06. The first-order chi connectivity index (χ1) is 14.3. The van der Waals surface area contributed by atoms with E-state index in [1.807, 2.05) is 36.4 Å². The second kappa shape index (κ2) is 9.11. The van der Waals surface area contributed by atoms with Gasteiger partial charge in [-0.2, -0.15) is 0 Å². The fourth-order valence-corrected chi connectivity index (χ4v) is 3.07. The van der Waals surface area contributed by atoms with Gasteiger partial charge in [-0.05, 0) is 24.3 Å². The largest absolute Gasteiger partial charge is 0.378 e. The van der Waals surface area contributed by atoms with Gasteiger partial charge in [-0.15, -0.1) is 0 Å². The van der Waals surface area contributed by atoms with Gasteiger partial charge in [0.2, 0.25) is 5.95 Å². The summed E-state index contributed by atoms with van der Waals surface area (Å²) >= 11 is 0. The van der Waals surface area contributed by atoms with Crippen LogP contribution in [-0.2, 0) is 11.3 Å². The van der Waals surface area contributed by atoms with Gasteiger partial charge in [-0.1, -0.05) is 18.2 Å². The molecule has 8 heteroatoms. The van der Waals surface area contributed by atoms with Gasteiger partial charge < -0.3 is 20.3 Å². The van der Waals surface area contributed by atoms with E-state index in [1.165, 1.54) is 12.4 Å². The minimum Gasteiger partial charge on any atom is -0.378 e. The van der Waals surface area contributed by atoms with Crippen LogP contribution in [0.1, 0.15) is 16.1 Å². The molecule has 0 unspecified atom stereocenters. The van der Waals surface area contributed by atoms with E-state index in [0.717, 1.165) is 30.2 Å². The van der Waals surface area contributed by atoms with Crippen molar-refractivity contribution in [2.24, 2.45) is 0 Å². The lowest BCUT2D eigenvalue weighted by Crippen LogP contribution is -2.36. The average Bonchev–Trinajstić information content (AvgIpc) is 2.80. The highest BCUT2D eigenvalue weighted by atomic mass is 16.5. The molecular formula is C21H22N6O2. The fourth-order valence-electron chi connectivity index (χ4n) is 3.07. The van der Waals surface area contributed by atoms with Gasteiger partial charge in [0.05, 0.1) is 42.4 Å². The normalized spacial score (nSPS) is 13.7. The van der Waals surface area contributed by atoms with E-state index in [2.05, 4.69) is 36.6 Å². The number of anilines is 3. The molecule has 1 fully saturated rings. The Balaban J connectivity index is 1.40. The van der Waals surface area contributed by atoms with Crippen LogP contribution in [0.2, 0.25) is 0 Å². The number of nitrogens with zero attached hydrogens (tertiary/aromatic N) is 4. The Morgan fingerprint density at radius 2 is 1.76 bits per heavy atom. The zero-order valence-corrected chi connectivity index (χ0v) is 15.9. The molecule has 0 saturated carbocycles. The second-order valence-corrected chi connectivity index (χ2v) is 6.54. The molecule has 1 aliphatic heterocycles. The molecule has 2 aromatic heterocycles. The number of hydrogen-bond donors (Lipinski definition) is 2. The summed E-state index contributed by atoms with van der Waals surface area (Å²) in [6, 6.07) is 13.6. The number of carbonyl (C=O) groups excluding carboxylic acids is 1. The number of carbonyl (C=O) groups is 1. The summed E-state index contributed by atoms with van der Waals surface area (Å²) < 4.78 is 5.43. The maximum absolute atomic E-state index is 12.3. The SMILES string of the molecule is O=C(NCc1ccccn1)c1cnc(Nc2ccccc2N2CCOCC2)nc1. The molecule has 3 heterocycles. The highest BCUT2D eigenvalue weighted by Gasteiger charge is 2.15. The van der Waals surface area contributed by atoms with E-state index in [-0.39, 0.29) is 5.91 Å². The Hall–Kier alpha value is -3.52. The molecule has 0 spiro atoms. The van der Waals surface area contributed by atoms with E-state index in [9.17, 15) is 4.79 Å². The van der Waals surface area contributed by atoms with Crippen molar-refractivity contribution in [2.45, 2.75) is 6.54 Å². The molecule has 0 atom stereocenters. The second-order valence-electron chi connectivity index (χ2n) is 6.54. The monoisotopic (exact) mass is 390 g/mol. The van der Waals surface area contributed by atoms with Crippen LogP contribution in [0.15, 0.2) is 61.1 Å². The molecule has 148 valence electrons. The van der Waals surface area contributed by atoms with Gasteiger partial charge >= 0.3 is 0 Å². The molecular weight excluding hydrogens is 368 g/mol. The molecule has 0 radical (unpaired) electrons. The van der Waals surface area contributed by atoms with Crippen molar-refractivity contribution in [1.82, 2.24) is 20.3 Å². The standard InChI is InChI=1S/C21H22N6O2/c28-20(23-15-17-5-3-4-8-22-17)16-13-24-21(25-14-16)26-18-6-1-2-7-19(18)27-9-11-29-12-10-27/h1-8,13-14H,9-12,15H2,(H,23,28)(H,24,25,26). The molecule has 1 aliphatic rings. The predicted octanol–water partition coefficient (Wildman–Crippen LogP) is 2.38. The highest BCUT2D eigenvalue weighted by Crippen LogP contribution is 2.28. The first kappa shape index (κ1) is 18.8. The number of nitrogens with one attached hydrogen (secondary N) is 2. The van der Waals surface area contributed by atoms with E-state index in [0.29, 0.717) is 31.3 Å². The highest BCUT2D eigenvalue weighted by molar-refractivity contribution is 5.93. The summed E-state index contributed by atoms with van der Waals surface area (Å²) in [4.78, 5) is 27.3. The fraction of sp³-hybridized carbons (Fsp3) is 0.238. The minimum atomic E-state index is -0.240. The van der Waals surface area contributed by atoms with Crippen LogP contribution >= 0.6 is 0 Å². The molecule has 8 nitrogen and oxygen atoms in total. The Morgan fingerprint density at radius 1 is 1.00 bits per heavy atom. The Kier molecular flexibility index (Phi) is 5.92. The van der Waals surface area contributed by atoms with Crippen LogP contribution in [0.5, 0.6) is 0 Å². The third-order valence-electron chi connectivity index (χ3n) is 4.57. The number of rotatable bonds is 6. The summed E-state index contributed by atoms with van der Waals surface area (Å²) in [7, 11) is 0. The van der Waals surface area contributed by atoms with Crippen LogP contribution in [-0.4, -0.2) is 47.2 Å². The molecule has 1 aromatic carbocycles. The van der Waals surface area contributed by atoms with Crippen molar-refractivity contribution in [3.8, 4) is 0 Å². The summed E-state index contributed by atoms with van der Waals surface area (Å²) in [6.45, 7) is 3.47. The van der Waals surface area contributed by atoms with Crippen molar-refractivity contribution in [3.63, 3.8) is 0 Å². The zero-order valence-electron chi connectivity index (χ0n) is 15.9. The van der Waals surface area contributed by atoms with E-state index in [4.69, 9.17) is 4.74 Å². The van der Waals surface area contributed by atoms with Gasteiger partial charge in [0.15, 0.2) is 0 Å². The zero-order chi connectivity index (χ0) is 19.9. The maximum atomic E-state index is 12.3. The van der Waals surface area contributed by atoms with Crippen molar-refractivity contribution in [1.29, 1.82) is 0 Å². The number of ether oxygens (including phenoxy) is 1. The number of para-hydroxylation sites is 2. The molecule has 2 N–H and O–H groups in total. The van der Waals surface area contributed by atoms with Crippen molar-refractivity contribution in [2.75, 3.05) is 36.5 Å². The predicted molar refractivity (Wildman–Crippen MR) is 110 cm³/mol. The van der Waals surface area contributed by atoms with Crippen molar-refractivity contribution < 1.29 is 9.53 Å². The maximum Gasteiger partial charge on any atom is 0.254 e. The van der Waals surface area contributed by atoms with Gasteiger partial charge in [0, 0.05) is 31.7 Å². The molecule has 4 rings (SSSR count). The first-order valence-electron chi connectivity index (χ1n) is 9.48. The molecule has 1 saturated heterocycles. The summed E-state index contributed by atoms with van der Waals surface area (Å²) in [5.41, 5.74) is 3.19. The van der Waals surface area contributed by atoms with E-state index in [1.54, 1.807) is 6.20 Å². The number of hydrogen-bond acceptors (Lipinski definition) is 7. The lowest BCUT2D eigenvalue weighted by atomic mass is 10.2. The van der Waals surface area contributed by atoms with Crippen LogP contribution in [0.3, 0.4) is 0 Å². The van der Waals surface area contributed by atoms with Crippen LogP contribution in [0.4, 0.5) is 17.3 Å². The smallest absolute Gasteiger partial charge is 0.254 e. The van der Waals surface area contributed by atoms with Gasteiger partial charge in [-0.25, -0.2) is 9.97 Å². The number of morpholine rings is 1. The Morgan fingerprint density at radius 3 is 2.52 bits per heavy atom. The first-order valence-corrected chi connectivity index (χ1v) is 9.48. The molecule has 3 aromatic rings. The van der Waals surface area contributed by atoms with Crippen LogP contribution in [0.25, 0.3) is 0 Å². The third-order valence-corrected chi connectivity index (χ3v) is 4.57. The van der Waals surface area contributed by atoms with Crippen molar-refractivity contribution >= 4 is 23.2 Å². The average molecular weight is 390 g/mol. The van der Waals surface area contributed by atoms with Gasteiger partial charge in [0.25, 0.3) is 5.91 Å². The molecule has 29 heavy (non-hydrogen) atoms. The summed E-state index contributed by atoms with van der Waals surface area (Å²) in [5.74, 6) is 0.197. The van der Waals surface area contributed by atoms with Gasteiger partial charge in [0.1, 0.15) is 0 Å². The number of amides is 1. The van der Waals surface area contributed by atoms with Crippen LogP contribution in [0, 0.1) is 0 Å². The molecule has 1 amide bonds. The Labute approximate surface area is 169 Å². The van der Waals surface area contributed by atoms with Gasteiger partial charge in [-0.3, -0.25) is 9.78 Å². The van der Waals surface area contributed by atoms with Crippen LogP contribution < -0.4 is 15.5 Å². The molecule has 0 aliphatic carbocycles. The number of benzene rings is 1. The lowest BCUT2D eigenvalue weighted by molar-refractivity contribution is 0.0949. The molecule has 0 bridgehead atoms. The number of pyridine rings is 1. The number of aromatic nitrogens is 3. The van der Waals surface area contributed by atoms with Crippen molar-refractivity contribution in [3.05, 3.63) is 72.3 Å². The third kappa shape index (κ3) is 4.85. The lowest BCUT2D eigenvalue weighted by Gasteiger charge is -2.30. The summed E-state index contributed by atoms with van der Waals surface area (Å²) in [6.07, 6.45) is 4.72. The Bertz CT molecular complexity index is 943. The quantitative estimate of drug-likeness (QED) is 0.668. The van der Waals surface area contributed by atoms with E-state index < -0.39 is 0 Å².